The summed E-state index contributed by atoms with van der Waals surface area (Å²) in [5.74, 6) is 3.53. The maximum absolute atomic E-state index is 6.78. The van der Waals surface area contributed by atoms with E-state index in [2.05, 4.69) is 107 Å². The average Bonchev–Trinajstić information content (AvgIpc) is 3.83. The van der Waals surface area contributed by atoms with Crippen LogP contribution >= 0.6 is 0 Å². The van der Waals surface area contributed by atoms with Gasteiger partial charge >= 0.3 is 0 Å². The number of rotatable bonds is 14. The summed E-state index contributed by atoms with van der Waals surface area (Å²) in [5, 5.41) is 0. The van der Waals surface area contributed by atoms with Gasteiger partial charge < -0.3 is 18.9 Å². The summed E-state index contributed by atoms with van der Waals surface area (Å²) in [6.45, 7) is 29.0. The third-order valence-corrected chi connectivity index (χ3v) is 9.11. The molecule has 0 aliphatic carbocycles. The molecule has 0 bridgehead atoms. The molecule has 4 unspecified atom stereocenters. The first-order valence-corrected chi connectivity index (χ1v) is 16.2. The molecule has 2 aliphatic heterocycles. The molecular formula is C37H56O4. The minimum Gasteiger partial charge on any atom is -0.487 e. The highest BCUT2D eigenvalue weighted by Gasteiger charge is 2.37. The molecule has 0 amide bonds. The molecule has 41 heavy (non-hydrogen) atoms. The third-order valence-electron chi connectivity index (χ3n) is 9.11. The van der Waals surface area contributed by atoms with Crippen LogP contribution in [0.2, 0.25) is 0 Å². The van der Waals surface area contributed by atoms with Crippen LogP contribution in [0.5, 0.6) is 11.5 Å². The van der Waals surface area contributed by atoms with Gasteiger partial charge in [-0.3, -0.25) is 0 Å². The zero-order valence-corrected chi connectivity index (χ0v) is 27.9. The second kappa shape index (κ2) is 12.7. The first kappa shape index (κ1) is 31.9. The molecule has 2 aliphatic rings. The number of benzene rings is 2. The van der Waals surface area contributed by atoms with Crippen molar-refractivity contribution in [3.63, 3.8) is 0 Å². The SMILES string of the molecule is CCC(Oc1c(C(C)C)cc(C(C)(C)c2cc(C(C)C)c(OC(CC)C3CO3)c(C(C)C)c2)cc1C(C)C)C1CO1. The first-order chi connectivity index (χ1) is 19.3. The molecule has 2 fully saturated rings. The van der Waals surface area contributed by atoms with E-state index in [-0.39, 0.29) is 29.8 Å². The average molecular weight is 565 g/mol. The van der Waals surface area contributed by atoms with Gasteiger partial charge in [0.15, 0.2) is 0 Å². The Bertz CT molecular complexity index is 1030. The summed E-state index contributed by atoms with van der Waals surface area (Å²) in [7, 11) is 0. The largest absolute Gasteiger partial charge is 0.487 e. The lowest BCUT2D eigenvalue weighted by atomic mass is 9.73. The quantitative estimate of drug-likeness (QED) is 0.214. The van der Waals surface area contributed by atoms with Crippen LogP contribution in [0.1, 0.15) is 153 Å². The normalized spacial score (nSPS) is 20.2. The lowest BCUT2D eigenvalue weighted by Gasteiger charge is -2.33. The maximum atomic E-state index is 6.78. The Hall–Kier alpha value is -2.04. The van der Waals surface area contributed by atoms with Crippen LogP contribution in [0.4, 0.5) is 0 Å². The Morgan fingerprint density at radius 3 is 1.07 bits per heavy atom. The Balaban J connectivity index is 1.84. The minimum absolute atomic E-state index is 0.103. The summed E-state index contributed by atoms with van der Waals surface area (Å²) < 4.78 is 24.9. The van der Waals surface area contributed by atoms with Crippen LogP contribution in [0.25, 0.3) is 0 Å². The highest BCUT2D eigenvalue weighted by Crippen LogP contribution is 2.45. The fourth-order valence-corrected chi connectivity index (χ4v) is 5.91. The van der Waals surface area contributed by atoms with Gasteiger partial charge in [-0.2, -0.15) is 0 Å². The predicted octanol–water partition coefficient (Wildman–Crippen LogP) is 9.62. The minimum atomic E-state index is -0.203. The van der Waals surface area contributed by atoms with Gasteiger partial charge in [0.1, 0.15) is 35.9 Å². The van der Waals surface area contributed by atoms with Gasteiger partial charge in [0.05, 0.1) is 13.2 Å². The van der Waals surface area contributed by atoms with Crippen molar-refractivity contribution in [3.8, 4) is 11.5 Å². The van der Waals surface area contributed by atoms with Crippen molar-refractivity contribution in [1.82, 2.24) is 0 Å². The second-order valence-electron chi connectivity index (χ2n) is 14.1. The summed E-state index contributed by atoms with van der Waals surface area (Å²) in [6, 6.07) is 9.66. The lowest BCUT2D eigenvalue weighted by Crippen LogP contribution is -2.26. The van der Waals surface area contributed by atoms with E-state index < -0.39 is 0 Å². The van der Waals surface area contributed by atoms with E-state index in [1.807, 2.05) is 0 Å². The standard InChI is InChI=1S/C37H56O4/c1-13-31(33-19-38-33)40-35-27(21(3)4)15-25(16-28(35)22(5)6)37(11,12)26-17-29(23(7)8)36(30(18-26)24(9)10)41-32(14-2)34-20-39-34/h15-18,21-24,31-34H,13-14,19-20H2,1-12H3. The van der Waals surface area contributed by atoms with Gasteiger partial charge in [-0.1, -0.05) is 107 Å². The summed E-state index contributed by atoms with van der Waals surface area (Å²) in [5.41, 5.74) is 7.64. The van der Waals surface area contributed by atoms with Crippen LogP contribution in [0.15, 0.2) is 24.3 Å². The van der Waals surface area contributed by atoms with Crippen molar-refractivity contribution < 1.29 is 18.9 Å². The van der Waals surface area contributed by atoms with Gasteiger partial charge in [-0.05, 0) is 69.9 Å². The summed E-state index contributed by atoms with van der Waals surface area (Å²) in [4.78, 5) is 0. The van der Waals surface area contributed by atoms with Gasteiger partial charge in [-0.15, -0.1) is 0 Å². The maximum Gasteiger partial charge on any atom is 0.127 e. The van der Waals surface area contributed by atoms with Crippen molar-refractivity contribution in [3.05, 3.63) is 57.6 Å². The molecule has 0 N–H and O–H groups in total. The summed E-state index contributed by atoms with van der Waals surface area (Å²) in [6.07, 6.45) is 2.55. The second-order valence-corrected chi connectivity index (χ2v) is 14.1. The molecule has 0 radical (unpaired) electrons. The first-order valence-electron chi connectivity index (χ1n) is 16.2. The molecular weight excluding hydrogens is 508 g/mol. The van der Waals surface area contributed by atoms with E-state index >= 15 is 0 Å². The third kappa shape index (κ3) is 6.96. The molecule has 0 saturated carbocycles. The predicted molar refractivity (Wildman–Crippen MR) is 170 cm³/mol. The van der Waals surface area contributed by atoms with Crippen molar-refractivity contribution in [1.29, 1.82) is 0 Å². The lowest BCUT2D eigenvalue weighted by molar-refractivity contribution is 0.151. The number of hydrogen-bond acceptors (Lipinski definition) is 4. The van der Waals surface area contributed by atoms with Crippen LogP contribution < -0.4 is 9.47 Å². The Kier molecular flexibility index (Phi) is 9.86. The van der Waals surface area contributed by atoms with E-state index in [1.165, 1.54) is 33.4 Å². The zero-order valence-electron chi connectivity index (χ0n) is 27.9. The zero-order chi connectivity index (χ0) is 30.2. The van der Waals surface area contributed by atoms with E-state index in [1.54, 1.807) is 0 Å². The summed E-state index contributed by atoms with van der Waals surface area (Å²) >= 11 is 0. The number of epoxide rings is 2. The fraction of sp³-hybridized carbons (Fsp3) is 0.676. The van der Waals surface area contributed by atoms with Crippen LogP contribution in [0.3, 0.4) is 0 Å². The van der Waals surface area contributed by atoms with Crippen molar-refractivity contribution in [2.45, 2.75) is 149 Å². The molecule has 2 saturated heterocycles. The molecule has 4 heteroatoms. The molecule has 4 atom stereocenters. The number of hydrogen-bond donors (Lipinski definition) is 0. The Morgan fingerprint density at radius 2 is 0.878 bits per heavy atom. The van der Waals surface area contributed by atoms with Gasteiger partial charge in [0.2, 0.25) is 0 Å². The smallest absolute Gasteiger partial charge is 0.127 e. The van der Waals surface area contributed by atoms with Crippen molar-refractivity contribution >= 4 is 0 Å². The highest BCUT2D eigenvalue weighted by molar-refractivity contribution is 5.55. The van der Waals surface area contributed by atoms with Crippen LogP contribution in [-0.4, -0.2) is 37.6 Å². The topological polar surface area (TPSA) is 43.5 Å². The van der Waals surface area contributed by atoms with E-state index in [9.17, 15) is 0 Å². The molecule has 228 valence electrons. The molecule has 0 aromatic heterocycles. The molecule has 4 rings (SSSR count). The van der Waals surface area contributed by atoms with Gasteiger partial charge in [0, 0.05) is 5.41 Å². The Morgan fingerprint density at radius 1 is 0.610 bits per heavy atom. The van der Waals surface area contributed by atoms with Crippen molar-refractivity contribution in [2.75, 3.05) is 13.2 Å². The molecule has 0 spiro atoms. The monoisotopic (exact) mass is 564 g/mol. The van der Waals surface area contributed by atoms with Crippen molar-refractivity contribution in [2.24, 2.45) is 0 Å². The van der Waals surface area contributed by atoms with E-state index in [0.717, 1.165) is 37.6 Å². The van der Waals surface area contributed by atoms with Crippen LogP contribution in [-0.2, 0) is 14.9 Å². The van der Waals surface area contributed by atoms with Gasteiger partial charge in [0.25, 0.3) is 0 Å². The molecule has 2 aromatic rings. The van der Waals surface area contributed by atoms with E-state index in [0.29, 0.717) is 23.7 Å². The van der Waals surface area contributed by atoms with Gasteiger partial charge in [-0.25, -0.2) is 0 Å². The number of ether oxygens (including phenoxy) is 4. The van der Waals surface area contributed by atoms with E-state index in [4.69, 9.17) is 18.9 Å². The Labute approximate surface area is 250 Å². The molecule has 2 aromatic carbocycles. The fourth-order valence-electron chi connectivity index (χ4n) is 5.91. The molecule has 4 nitrogen and oxygen atoms in total. The highest BCUT2D eigenvalue weighted by atomic mass is 16.6. The molecule has 2 heterocycles. The van der Waals surface area contributed by atoms with Crippen LogP contribution in [0, 0.1) is 0 Å².